The molecule has 2 atom stereocenters. The normalized spacial score (nSPS) is 28.1. The molecule has 0 aliphatic carbocycles. The highest BCUT2D eigenvalue weighted by Gasteiger charge is 2.49. The Balaban J connectivity index is 2.05. The van der Waals surface area contributed by atoms with Crippen LogP contribution in [0.1, 0.15) is 5.56 Å². The molecule has 0 saturated carbocycles. The second-order valence-electron chi connectivity index (χ2n) is 5.38. The molecule has 1 amide bonds. The summed E-state index contributed by atoms with van der Waals surface area (Å²) in [7, 11) is -3.05. The predicted octanol–water partition coefficient (Wildman–Crippen LogP) is 1.84. The van der Waals surface area contributed by atoms with E-state index in [0.717, 1.165) is 11.3 Å². The smallest absolute Gasteiger partial charge is 0.262 e. The second kappa shape index (κ2) is 5.86. The monoisotopic (exact) mass is 358 g/mol. The SMILES string of the molecule is Cc1ccccc1N1C(=NC(=O)CCl)S[C@H]2CS(=O)(=O)C[C@H]21. The number of thioether (sulfide) groups is 1. The Morgan fingerprint density at radius 3 is 2.82 bits per heavy atom. The van der Waals surface area contributed by atoms with Gasteiger partial charge in [0.25, 0.3) is 5.91 Å². The van der Waals surface area contributed by atoms with E-state index in [1.54, 1.807) is 0 Å². The van der Waals surface area contributed by atoms with Crippen LogP contribution in [0.25, 0.3) is 0 Å². The molecule has 1 aromatic carbocycles. The summed E-state index contributed by atoms with van der Waals surface area (Å²) in [5.74, 6) is -0.379. The molecule has 0 bridgehead atoms. The van der Waals surface area contributed by atoms with Crippen molar-refractivity contribution in [2.75, 3.05) is 22.3 Å². The van der Waals surface area contributed by atoms with E-state index < -0.39 is 15.7 Å². The van der Waals surface area contributed by atoms with Crippen molar-refractivity contribution < 1.29 is 13.2 Å². The molecule has 2 saturated heterocycles. The van der Waals surface area contributed by atoms with Gasteiger partial charge in [-0.15, -0.1) is 11.6 Å². The van der Waals surface area contributed by atoms with Crippen molar-refractivity contribution >= 4 is 50.0 Å². The number of carbonyl (C=O) groups excluding carboxylic acids is 1. The number of para-hydroxylation sites is 1. The topological polar surface area (TPSA) is 66.8 Å². The van der Waals surface area contributed by atoms with Crippen LogP contribution in [0, 0.1) is 6.92 Å². The second-order valence-corrected chi connectivity index (χ2v) is 9.01. The predicted molar refractivity (Wildman–Crippen MR) is 90.6 cm³/mol. The van der Waals surface area contributed by atoms with Crippen molar-refractivity contribution in [2.24, 2.45) is 4.99 Å². The summed E-state index contributed by atoms with van der Waals surface area (Å²) >= 11 is 6.90. The van der Waals surface area contributed by atoms with Crippen LogP contribution in [0.5, 0.6) is 0 Å². The molecule has 0 unspecified atom stereocenters. The molecule has 118 valence electrons. The van der Waals surface area contributed by atoms with Gasteiger partial charge in [-0.25, -0.2) is 8.42 Å². The molecule has 22 heavy (non-hydrogen) atoms. The maximum atomic E-state index is 11.9. The number of amides is 1. The molecular weight excluding hydrogens is 344 g/mol. The van der Waals surface area contributed by atoms with E-state index >= 15 is 0 Å². The lowest BCUT2D eigenvalue weighted by atomic mass is 10.1. The van der Waals surface area contributed by atoms with Crippen LogP contribution in [0.3, 0.4) is 0 Å². The van der Waals surface area contributed by atoms with E-state index in [9.17, 15) is 13.2 Å². The number of benzene rings is 1. The molecule has 2 aliphatic rings. The van der Waals surface area contributed by atoms with Crippen molar-refractivity contribution in [3.63, 3.8) is 0 Å². The number of fused-ring (bicyclic) bond motifs is 1. The van der Waals surface area contributed by atoms with Gasteiger partial charge in [0.2, 0.25) is 0 Å². The summed E-state index contributed by atoms with van der Waals surface area (Å²) in [6, 6.07) is 7.51. The third-order valence-corrected chi connectivity index (χ3v) is 7.21. The third-order valence-electron chi connectivity index (χ3n) is 3.78. The summed E-state index contributed by atoms with van der Waals surface area (Å²) in [5, 5.41) is 0.455. The molecule has 0 N–H and O–H groups in total. The number of hydrogen-bond donors (Lipinski definition) is 0. The molecule has 1 aromatic rings. The van der Waals surface area contributed by atoms with Gasteiger partial charge in [0.1, 0.15) is 5.88 Å². The average molecular weight is 359 g/mol. The van der Waals surface area contributed by atoms with E-state index in [1.807, 2.05) is 36.1 Å². The highest BCUT2D eigenvalue weighted by atomic mass is 35.5. The first-order chi connectivity index (χ1) is 10.4. The van der Waals surface area contributed by atoms with Crippen molar-refractivity contribution in [1.29, 1.82) is 0 Å². The Morgan fingerprint density at radius 1 is 1.41 bits per heavy atom. The lowest BCUT2D eigenvalue weighted by Crippen LogP contribution is -2.38. The van der Waals surface area contributed by atoms with Crippen LogP contribution in [0.15, 0.2) is 29.3 Å². The first-order valence-electron chi connectivity index (χ1n) is 6.81. The molecule has 8 heteroatoms. The van der Waals surface area contributed by atoms with E-state index in [1.165, 1.54) is 11.8 Å². The standard InChI is InChI=1S/C14H15ClN2O3S2/c1-9-4-2-3-5-10(9)17-11-7-22(19,20)8-12(11)21-14(17)16-13(18)6-15/h2-5,11-12H,6-8H2,1H3/t11-,12+/m1/s1. The Labute approximate surface area is 138 Å². The van der Waals surface area contributed by atoms with Crippen LogP contribution >= 0.6 is 23.4 Å². The third kappa shape index (κ3) is 2.89. The van der Waals surface area contributed by atoms with E-state index in [4.69, 9.17) is 11.6 Å². The number of halogens is 1. The molecule has 0 spiro atoms. The Bertz CT molecular complexity index is 748. The Kier molecular flexibility index (Phi) is 4.22. The van der Waals surface area contributed by atoms with Gasteiger partial charge in [-0.05, 0) is 18.6 Å². The van der Waals surface area contributed by atoms with E-state index in [0.29, 0.717) is 5.17 Å². The maximum absolute atomic E-state index is 11.9. The van der Waals surface area contributed by atoms with Crippen LogP contribution < -0.4 is 4.90 Å². The zero-order chi connectivity index (χ0) is 15.9. The molecule has 5 nitrogen and oxygen atoms in total. The van der Waals surface area contributed by atoms with Gasteiger partial charge in [0.15, 0.2) is 15.0 Å². The number of amidine groups is 1. The average Bonchev–Trinajstić information content (AvgIpc) is 2.91. The van der Waals surface area contributed by atoms with E-state index in [-0.39, 0.29) is 28.7 Å². The molecule has 2 aliphatic heterocycles. The van der Waals surface area contributed by atoms with Crippen molar-refractivity contribution in [3.8, 4) is 0 Å². The largest absolute Gasteiger partial charge is 0.315 e. The van der Waals surface area contributed by atoms with Gasteiger partial charge in [-0.2, -0.15) is 4.99 Å². The highest BCUT2D eigenvalue weighted by Crippen LogP contribution is 2.41. The number of aryl methyl sites for hydroxylation is 1. The van der Waals surface area contributed by atoms with Crippen LogP contribution in [0.4, 0.5) is 5.69 Å². The molecule has 2 heterocycles. The highest BCUT2D eigenvalue weighted by molar-refractivity contribution is 8.16. The lowest BCUT2D eigenvalue weighted by Gasteiger charge is -2.26. The molecule has 2 fully saturated rings. The minimum Gasteiger partial charge on any atom is -0.315 e. The minimum absolute atomic E-state index is 0.0904. The van der Waals surface area contributed by atoms with E-state index in [2.05, 4.69) is 4.99 Å². The van der Waals surface area contributed by atoms with Crippen molar-refractivity contribution in [3.05, 3.63) is 29.8 Å². The van der Waals surface area contributed by atoms with Gasteiger partial charge in [-0.1, -0.05) is 30.0 Å². The number of alkyl halides is 1. The van der Waals surface area contributed by atoms with Crippen molar-refractivity contribution in [2.45, 2.75) is 18.2 Å². The van der Waals surface area contributed by atoms with Crippen LogP contribution in [0.2, 0.25) is 0 Å². The van der Waals surface area contributed by atoms with Crippen LogP contribution in [-0.2, 0) is 14.6 Å². The number of aliphatic imine (C=N–C) groups is 1. The lowest BCUT2D eigenvalue weighted by molar-refractivity contribution is -0.115. The van der Waals surface area contributed by atoms with Gasteiger partial charge in [-0.3, -0.25) is 4.79 Å². The summed E-state index contributed by atoms with van der Waals surface area (Å²) in [4.78, 5) is 17.6. The summed E-state index contributed by atoms with van der Waals surface area (Å²) < 4.78 is 23.8. The van der Waals surface area contributed by atoms with Gasteiger partial charge < -0.3 is 4.90 Å². The first-order valence-corrected chi connectivity index (χ1v) is 10.0. The quantitative estimate of drug-likeness (QED) is 0.754. The number of nitrogens with zero attached hydrogens (tertiary/aromatic N) is 2. The molecule has 3 rings (SSSR count). The number of anilines is 1. The number of carbonyl (C=O) groups is 1. The summed E-state index contributed by atoms with van der Waals surface area (Å²) in [6.07, 6.45) is 0. The maximum Gasteiger partial charge on any atom is 0.262 e. The zero-order valence-corrected chi connectivity index (χ0v) is 14.3. The number of sulfone groups is 1. The molecular formula is C14H15ClN2O3S2. The van der Waals surface area contributed by atoms with Gasteiger partial charge in [0.05, 0.1) is 17.5 Å². The fourth-order valence-electron chi connectivity index (χ4n) is 2.82. The first kappa shape index (κ1) is 15.8. The minimum atomic E-state index is -3.05. The van der Waals surface area contributed by atoms with Crippen molar-refractivity contribution in [1.82, 2.24) is 0 Å². The van der Waals surface area contributed by atoms with Crippen LogP contribution in [-0.4, -0.2) is 48.2 Å². The number of hydrogen-bond acceptors (Lipinski definition) is 4. The Morgan fingerprint density at radius 2 is 2.14 bits per heavy atom. The van der Waals surface area contributed by atoms with Gasteiger partial charge >= 0.3 is 0 Å². The fraction of sp³-hybridized carbons (Fsp3) is 0.429. The number of rotatable bonds is 2. The zero-order valence-electron chi connectivity index (χ0n) is 11.9. The molecule has 0 aromatic heterocycles. The van der Waals surface area contributed by atoms with Gasteiger partial charge in [0, 0.05) is 10.9 Å². The summed E-state index contributed by atoms with van der Waals surface area (Å²) in [5.41, 5.74) is 1.90. The molecule has 0 radical (unpaired) electrons. The Hall–Kier alpha value is -1.05. The fourth-order valence-corrected chi connectivity index (χ4v) is 6.80. The summed E-state index contributed by atoms with van der Waals surface area (Å²) in [6.45, 7) is 1.96.